The van der Waals surface area contributed by atoms with Gasteiger partial charge in [0.1, 0.15) is 17.7 Å². The first-order valence-electron chi connectivity index (χ1n) is 8.59. The van der Waals surface area contributed by atoms with Crippen LogP contribution >= 0.6 is 11.8 Å². The van der Waals surface area contributed by atoms with Gasteiger partial charge in [-0.15, -0.1) is 0 Å². The molecule has 2 aromatic rings. The predicted molar refractivity (Wildman–Crippen MR) is 99.2 cm³/mol. The Hall–Kier alpha value is -2.33. The summed E-state index contributed by atoms with van der Waals surface area (Å²) < 4.78 is 0. The molecule has 1 saturated heterocycles. The summed E-state index contributed by atoms with van der Waals surface area (Å²) in [6.07, 6.45) is 7.11. The lowest BCUT2D eigenvalue weighted by atomic mass is 10.2. The number of thioether (sulfide) groups is 1. The second-order valence-corrected chi connectivity index (χ2v) is 7.05. The van der Waals surface area contributed by atoms with Gasteiger partial charge in [-0.25, -0.2) is 15.0 Å². The molecule has 4 rings (SSSR count). The zero-order valence-corrected chi connectivity index (χ0v) is 15.1. The molecule has 2 aromatic heterocycles. The summed E-state index contributed by atoms with van der Waals surface area (Å²) in [4.78, 5) is 18.5. The van der Waals surface area contributed by atoms with Crippen LogP contribution in [0.2, 0.25) is 0 Å². The first-order chi connectivity index (χ1) is 12.3. The Kier molecular flexibility index (Phi) is 4.45. The highest BCUT2D eigenvalue weighted by Crippen LogP contribution is 2.31. The Morgan fingerprint density at radius 3 is 2.56 bits per heavy atom. The average molecular weight is 352 g/mol. The van der Waals surface area contributed by atoms with Gasteiger partial charge in [-0.3, -0.25) is 0 Å². The molecule has 1 aliphatic heterocycles. The van der Waals surface area contributed by atoms with Gasteiger partial charge in [0.2, 0.25) is 0 Å². The lowest BCUT2D eigenvalue weighted by Crippen LogP contribution is -2.47. The van der Waals surface area contributed by atoms with Crippen molar-refractivity contribution in [3.8, 4) is 6.07 Å². The number of nitriles is 1. The van der Waals surface area contributed by atoms with Crippen molar-refractivity contribution in [3.63, 3.8) is 0 Å². The zero-order valence-electron chi connectivity index (χ0n) is 14.3. The van der Waals surface area contributed by atoms with Gasteiger partial charge in [-0.05, 0) is 37.7 Å². The summed E-state index contributed by atoms with van der Waals surface area (Å²) in [5.74, 6) is 1.91. The van der Waals surface area contributed by atoms with E-state index in [-0.39, 0.29) is 0 Å². The SMILES string of the molecule is CSc1nc2c(c(N3CCN(c4ncccc4C#N)CC3)n1)CCC2. The maximum atomic E-state index is 9.30. The van der Waals surface area contributed by atoms with Crippen molar-refractivity contribution in [2.75, 3.05) is 42.2 Å². The van der Waals surface area contributed by atoms with Gasteiger partial charge in [-0.2, -0.15) is 5.26 Å². The summed E-state index contributed by atoms with van der Waals surface area (Å²) in [6, 6.07) is 5.89. The van der Waals surface area contributed by atoms with Crippen LogP contribution in [0.1, 0.15) is 23.2 Å². The topological polar surface area (TPSA) is 68.9 Å². The summed E-state index contributed by atoms with van der Waals surface area (Å²) >= 11 is 1.61. The molecule has 0 atom stereocenters. The molecule has 0 unspecified atom stereocenters. The zero-order chi connectivity index (χ0) is 17.2. The normalized spacial score (nSPS) is 16.6. The largest absolute Gasteiger partial charge is 0.353 e. The van der Waals surface area contributed by atoms with Crippen LogP contribution in [0.15, 0.2) is 23.5 Å². The Morgan fingerprint density at radius 2 is 1.84 bits per heavy atom. The van der Waals surface area contributed by atoms with Gasteiger partial charge in [0.15, 0.2) is 5.16 Å². The van der Waals surface area contributed by atoms with Gasteiger partial charge in [0.05, 0.1) is 11.3 Å². The van der Waals surface area contributed by atoms with Crippen LogP contribution in [0.5, 0.6) is 0 Å². The minimum atomic E-state index is 0.642. The van der Waals surface area contributed by atoms with E-state index in [1.807, 2.05) is 18.4 Å². The van der Waals surface area contributed by atoms with E-state index in [0.717, 1.165) is 55.8 Å². The van der Waals surface area contributed by atoms with Crippen LogP contribution in [0, 0.1) is 11.3 Å². The number of anilines is 2. The number of hydrogen-bond donors (Lipinski definition) is 0. The fourth-order valence-electron chi connectivity index (χ4n) is 3.61. The second-order valence-electron chi connectivity index (χ2n) is 6.27. The second kappa shape index (κ2) is 6.89. The molecule has 0 N–H and O–H groups in total. The Morgan fingerprint density at radius 1 is 1.08 bits per heavy atom. The highest BCUT2D eigenvalue weighted by Gasteiger charge is 2.26. The number of aromatic nitrogens is 3. The number of rotatable bonds is 3. The van der Waals surface area contributed by atoms with Crippen molar-refractivity contribution >= 4 is 23.4 Å². The molecule has 0 amide bonds. The minimum absolute atomic E-state index is 0.642. The van der Waals surface area contributed by atoms with E-state index in [4.69, 9.17) is 4.98 Å². The van der Waals surface area contributed by atoms with Gasteiger partial charge in [-0.1, -0.05) is 11.8 Å². The summed E-state index contributed by atoms with van der Waals surface area (Å²) in [5, 5.41) is 10.2. The summed E-state index contributed by atoms with van der Waals surface area (Å²) in [6.45, 7) is 3.47. The molecule has 0 aromatic carbocycles. The molecular formula is C18H20N6S. The molecule has 0 bridgehead atoms. The first kappa shape index (κ1) is 16.2. The maximum absolute atomic E-state index is 9.30. The predicted octanol–water partition coefficient (Wildman–Crippen LogP) is 2.28. The summed E-state index contributed by atoms with van der Waals surface area (Å²) in [5.41, 5.74) is 3.21. The number of fused-ring (bicyclic) bond motifs is 1. The van der Waals surface area contributed by atoms with Crippen LogP contribution in [-0.4, -0.2) is 47.4 Å². The van der Waals surface area contributed by atoms with Crippen LogP contribution in [-0.2, 0) is 12.8 Å². The quantitative estimate of drug-likeness (QED) is 0.620. The number of pyridine rings is 1. The standard InChI is InChI=1S/C18H20N6S/c1-25-18-21-15-6-2-5-14(15)17(22-18)24-10-8-23(9-11-24)16-13(12-19)4-3-7-20-16/h3-4,7H,2,5-6,8-11H2,1H3. The fraction of sp³-hybridized carbons (Fsp3) is 0.444. The number of aryl methyl sites for hydroxylation is 1. The third-order valence-corrected chi connectivity index (χ3v) is 5.41. The molecular weight excluding hydrogens is 332 g/mol. The number of piperazine rings is 1. The van der Waals surface area contributed by atoms with Crippen LogP contribution in [0.4, 0.5) is 11.6 Å². The van der Waals surface area contributed by atoms with E-state index in [1.54, 1.807) is 18.0 Å². The van der Waals surface area contributed by atoms with Crippen molar-refractivity contribution in [1.29, 1.82) is 5.26 Å². The van der Waals surface area contributed by atoms with Crippen molar-refractivity contribution < 1.29 is 0 Å². The van der Waals surface area contributed by atoms with Crippen LogP contribution in [0.25, 0.3) is 0 Å². The van der Waals surface area contributed by atoms with Crippen molar-refractivity contribution in [2.24, 2.45) is 0 Å². The third-order valence-electron chi connectivity index (χ3n) is 4.86. The molecule has 2 aliphatic rings. The number of hydrogen-bond acceptors (Lipinski definition) is 7. The number of nitrogens with zero attached hydrogens (tertiary/aromatic N) is 6. The average Bonchev–Trinajstić information content (AvgIpc) is 3.16. The van der Waals surface area contributed by atoms with Crippen molar-refractivity contribution in [3.05, 3.63) is 35.2 Å². The van der Waals surface area contributed by atoms with E-state index in [2.05, 4.69) is 25.8 Å². The Bertz CT molecular complexity index is 823. The molecule has 128 valence electrons. The molecule has 3 heterocycles. The molecule has 6 nitrogen and oxygen atoms in total. The van der Waals surface area contributed by atoms with E-state index >= 15 is 0 Å². The maximum Gasteiger partial charge on any atom is 0.189 e. The van der Waals surface area contributed by atoms with Crippen LogP contribution < -0.4 is 9.80 Å². The molecule has 0 saturated carbocycles. The Labute approximate surface area is 151 Å². The van der Waals surface area contributed by atoms with E-state index < -0.39 is 0 Å². The molecule has 25 heavy (non-hydrogen) atoms. The first-order valence-corrected chi connectivity index (χ1v) is 9.81. The summed E-state index contributed by atoms with van der Waals surface area (Å²) in [7, 11) is 0. The van der Waals surface area contributed by atoms with E-state index in [9.17, 15) is 5.26 Å². The Balaban J connectivity index is 1.55. The minimum Gasteiger partial charge on any atom is -0.353 e. The molecule has 1 fully saturated rings. The van der Waals surface area contributed by atoms with Gasteiger partial charge < -0.3 is 9.80 Å². The highest BCUT2D eigenvalue weighted by atomic mass is 32.2. The molecule has 0 radical (unpaired) electrons. The van der Waals surface area contributed by atoms with Crippen molar-refractivity contribution in [2.45, 2.75) is 24.4 Å². The monoisotopic (exact) mass is 352 g/mol. The fourth-order valence-corrected chi connectivity index (χ4v) is 3.99. The van der Waals surface area contributed by atoms with Gasteiger partial charge in [0, 0.05) is 37.9 Å². The lowest BCUT2D eigenvalue weighted by Gasteiger charge is -2.37. The van der Waals surface area contributed by atoms with E-state index in [1.165, 1.54) is 17.7 Å². The highest BCUT2D eigenvalue weighted by molar-refractivity contribution is 7.98. The molecule has 1 aliphatic carbocycles. The van der Waals surface area contributed by atoms with E-state index in [0.29, 0.717) is 5.56 Å². The molecule has 0 spiro atoms. The molecule has 7 heteroatoms. The smallest absolute Gasteiger partial charge is 0.189 e. The third kappa shape index (κ3) is 3.02. The lowest BCUT2D eigenvalue weighted by molar-refractivity contribution is 0.634. The van der Waals surface area contributed by atoms with Crippen molar-refractivity contribution in [1.82, 2.24) is 15.0 Å². The van der Waals surface area contributed by atoms with Gasteiger partial charge in [0.25, 0.3) is 0 Å². The van der Waals surface area contributed by atoms with Crippen LogP contribution in [0.3, 0.4) is 0 Å². The van der Waals surface area contributed by atoms with Gasteiger partial charge >= 0.3 is 0 Å².